The van der Waals surface area contributed by atoms with E-state index in [0.29, 0.717) is 5.95 Å². The minimum absolute atomic E-state index is 0.202. The number of rotatable bonds is 6. The van der Waals surface area contributed by atoms with Gasteiger partial charge in [0.2, 0.25) is 5.95 Å². The highest BCUT2D eigenvalue weighted by Gasteiger charge is 2.16. The van der Waals surface area contributed by atoms with Crippen LogP contribution in [0.5, 0.6) is 0 Å². The van der Waals surface area contributed by atoms with Crippen LogP contribution in [0.4, 0.5) is 11.8 Å². The second-order valence-corrected chi connectivity index (χ2v) is 9.13. The normalized spacial score (nSPS) is 16.4. The highest BCUT2D eigenvalue weighted by molar-refractivity contribution is 9.10. The molecule has 1 aliphatic carbocycles. The minimum atomic E-state index is 0.202. The monoisotopic (exact) mass is 444 g/mol. The first-order valence-electron chi connectivity index (χ1n) is 9.71. The van der Waals surface area contributed by atoms with Crippen molar-refractivity contribution >= 4 is 49.9 Å². The van der Waals surface area contributed by atoms with Gasteiger partial charge in [-0.2, -0.15) is 4.98 Å². The lowest BCUT2D eigenvalue weighted by Gasteiger charge is -2.22. The number of benzene rings is 1. The molecule has 3 aromatic rings. The van der Waals surface area contributed by atoms with E-state index in [4.69, 9.17) is 9.97 Å². The van der Waals surface area contributed by atoms with Gasteiger partial charge in [-0.3, -0.25) is 0 Å². The van der Waals surface area contributed by atoms with Gasteiger partial charge in [-0.25, -0.2) is 4.98 Å². The van der Waals surface area contributed by atoms with Crippen LogP contribution in [-0.2, 0) is 0 Å². The molecule has 4 rings (SSSR count). The Hall–Kier alpha value is -1.66. The number of hydrogen-bond donors (Lipinski definition) is 2. The van der Waals surface area contributed by atoms with Crippen molar-refractivity contribution in [3.63, 3.8) is 0 Å². The molecule has 0 saturated heterocycles. The van der Waals surface area contributed by atoms with Gasteiger partial charge in [0.1, 0.15) is 5.82 Å². The van der Waals surface area contributed by atoms with Gasteiger partial charge in [-0.15, -0.1) is 11.3 Å². The maximum absolute atomic E-state index is 4.83. The maximum Gasteiger partial charge on any atom is 0.225 e. The molecule has 6 heteroatoms. The van der Waals surface area contributed by atoms with Gasteiger partial charge in [-0.05, 0) is 65.2 Å². The zero-order valence-corrected chi connectivity index (χ0v) is 17.9. The van der Waals surface area contributed by atoms with Gasteiger partial charge >= 0.3 is 0 Å². The van der Waals surface area contributed by atoms with Crippen molar-refractivity contribution in [3.8, 4) is 0 Å². The molecule has 142 valence electrons. The summed E-state index contributed by atoms with van der Waals surface area (Å²) in [5.74, 6) is 2.33. The number of aromatic nitrogens is 2. The van der Waals surface area contributed by atoms with Crippen molar-refractivity contribution in [2.75, 3.05) is 17.2 Å². The van der Waals surface area contributed by atoms with E-state index in [1.807, 2.05) is 12.1 Å². The third kappa shape index (κ3) is 4.43. The average Bonchev–Trinajstić information content (AvgIpc) is 3.23. The number of para-hydroxylation sites is 1. The lowest BCUT2D eigenvalue weighted by Crippen LogP contribution is -2.19. The summed E-state index contributed by atoms with van der Waals surface area (Å²) >= 11 is 5.42. The molecule has 1 fully saturated rings. The molecular weight excluding hydrogens is 420 g/mol. The standard InChI is InChI=1S/C21H25BrN4S/c1-14(18-11-6-12-27-18)24-20-16-9-5-10-17(22)19(16)25-21(26-20)23-13-15-7-3-2-4-8-15/h5-6,9-12,14-15H,2-4,7-8,13H2,1H3,(H2,23,24,25,26)/t14-/m1/s1. The van der Waals surface area contributed by atoms with E-state index >= 15 is 0 Å². The molecule has 1 aromatic carbocycles. The van der Waals surface area contributed by atoms with E-state index in [2.05, 4.69) is 57.1 Å². The summed E-state index contributed by atoms with van der Waals surface area (Å²) in [6.07, 6.45) is 6.70. The first kappa shape index (κ1) is 18.7. The number of thiophene rings is 1. The lowest BCUT2D eigenvalue weighted by molar-refractivity contribution is 0.373. The zero-order chi connectivity index (χ0) is 18.6. The Balaban J connectivity index is 1.60. The van der Waals surface area contributed by atoms with Crippen LogP contribution in [0.15, 0.2) is 40.2 Å². The molecule has 1 aliphatic rings. The molecule has 1 saturated carbocycles. The fourth-order valence-corrected chi connectivity index (χ4v) is 4.94. The Morgan fingerprint density at radius 1 is 1.15 bits per heavy atom. The van der Waals surface area contributed by atoms with Crippen LogP contribution in [0.2, 0.25) is 0 Å². The van der Waals surface area contributed by atoms with E-state index in [0.717, 1.165) is 33.7 Å². The van der Waals surface area contributed by atoms with Crippen molar-refractivity contribution in [1.29, 1.82) is 0 Å². The Labute approximate surface area is 172 Å². The summed E-state index contributed by atoms with van der Waals surface area (Å²) in [5.41, 5.74) is 0.944. The second-order valence-electron chi connectivity index (χ2n) is 7.30. The molecule has 2 N–H and O–H groups in total. The van der Waals surface area contributed by atoms with Gasteiger partial charge in [0.25, 0.3) is 0 Å². The minimum Gasteiger partial charge on any atom is -0.362 e. The van der Waals surface area contributed by atoms with E-state index in [1.165, 1.54) is 37.0 Å². The molecule has 0 aliphatic heterocycles. The Morgan fingerprint density at radius 3 is 2.78 bits per heavy atom. The van der Waals surface area contributed by atoms with Gasteiger partial charge in [-0.1, -0.05) is 31.4 Å². The van der Waals surface area contributed by atoms with Crippen LogP contribution in [-0.4, -0.2) is 16.5 Å². The number of fused-ring (bicyclic) bond motifs is 1. The van der Waals surface area contributed by atoms with Gasteiger partial charge in [0, 0.05) is 21.3 Å². The van der Waals surface area contributed by atoms with Crippen LogP contribution in [0, 0.1) is 5.92 Å². The fourth-order valence-electron chi connectivity index (χ4n) is 3.75. The summed E-state index contributed by atoms with van der Waals surface area (Å²) in [6, 6.07) is 10.6. The zero-order valence-electron chi connectivity index (χ0n) is 15.5. The molecule has 27 heavy (non-hydrogen) atoms. The van der Waals surface area contributed by atoms with Crippen molar-refractivity contribution in [2.45, 2.75) is 45.1 Å². The van der Waals surface area contributed by atoms with E-state index in [-0.39, 0.29) is 6.04 Å². The predicted octanol–water partition coefficient (Wildman–Crippen LogP) is 6.62. The van der Waals surface area contributed by atoms with E-state index in [1.54, 1.807) is 11.3 Å². The summed E-state index contributed by atoms with van der Waals surface area (Å²) in [7, 11) is 0. The van der Waals surface area contributed by atoms with Crippen LogP contribution in [0.1, 0.15) is 49.9 Å². The Bertz CT molecular complexity index is 891. The molecule has 0 radical (unpaired) electrons. The first-order valence-corrected chi connectivity index (χ1v) is 11.4. The van der Waals surface area contributed by atoms with Gasteiger partial charge in [0.05, 0.1) is 11.6 Å². The molecule has 4 nitrogen and oxygen atoms in total. The van der Waals surface area contributed by atoms with Crippen molar-refractivity contribution in [1.82, 2.24) is 9.97 Å². The topological polar surface area (TPSA) is 49.8 Å². The van der Waals surface area contributed by atoms with Crippen LogP contribution >= 0.6 is 27.3 Å². The lowest BCUT2D eigenvalue weighted by atomic mass is 9.89. The largest absolute Gasteiger partial charge is 0.362 e. The summed E-state index contributed by atoms with van der Waals surface area (Å²) in [4.78, 5) is 10.9. The van der Waals surface area contributed by atoms with Crippen LogP contribution in [0.25, 0.3) is 10.9 Å². The van der Waals surface area contributed by atoms with Gasteiger partial charge < -0.3 is 10.6 Å². The molecule has 0 unspecified atom stereocenters. The molecule has 1 atom stereocenters. The van der Waals surface area contributed by atoms with Crippen LogP contribution in [0.3, 0.4) is 0 Å². The Morgan fingerprint density at radius 2 is 2.00 bits per heavy atom. The fraction of sp³-hybridized carbons (Fsp3) is 0.429. The maximum atomic E-state index is 4.83. The Kier molecular flexibility index (Phi) is 5.93. The number of anilines is 2. The highest BCUT2D eigenvalue weighted by atomic mass is 79.9. The molecular formula is C21H25BrN4S. The summed E-state index contributed by atoms with van der Waals surface area (Å²) in [6.45, 7) is 3.13. The SMILES string of the molecule is C[C@@H](Nc1nc(NCC2CCCCC2)nc2c(Br)cccc12)c1cccs1. The molecule has 2 heterocycles. The molecule has 0 spiro atoms. The molecule has 0 amide bonds. The van der Waals surface area contributed by atoms with E-state index < -0.39 is 0 Å². The quantitative estimate of drug-likeness (QED) is 0.448. The second kappa shape index (κ2) is 8.57. The third-order valence-corrected chi connectivity index (χ3v) is 6.97. The number of hydrogen-bond acceptors (Lipinski definition) is 5. The molecule has 0 bridgehead atoms. The molecule has 2 aromatic heterocycles. The van der Waals surface area contributed by atoms with Crippen molar-refractivity contribution in [3.05, 3.63) is 45.1 Å². The highest BCUT2D eigenvalue weighted by Crippen LogP contribution is 2.31. The summed E-state index contributed by atoms with van der Waals surface area (Å²) < 4.78 is 0.995. The number of halogens is 1. The third-order valence-electron chi connectivity index (χ3n) is 5.27. The smallest absolute Gasteiger partial charge is 0.225 e. The van der Waals surface area contributed by atoms with Crippen molar-refractivity contribution < 1.29 is 0 Å². The van der Waals surface area contributed by atoms with Crippen molar-refractivity contribution in [2.24, 2.45) is 5.92 Å². The first-order chi connectivity index (χ1) is 13.2. The summed E-state index contributed by atoms with van der Waals surface area (Å²) in [5, 5.41) is 10.2. The number of nitrogens with one attached hydrogen (secondary N) is 2. The van der Waals surface area contributed by atoms with E-state index in [9.17, 15) is 0 Å². The average molecular weight is 445 g/mol. The van der Waals surface area contributed by atoms with Gasteiger partial charge in [0.15, 0.2) is 0 Å². The number of nitrogens with zero attached hydrogens (tertiary/aromatic N) is 2. The predicted molar refractivity (Wildman–Crippen MR) is 119 cm³/mol. The van der Waals surface area contributed by atoms with Crippen LogP contribution < -0.4 is 10.6 Å².